The lowest BCUT2D eigenvalue weighted by molar-refractivity contribution is -0.178. The molecule has 0 bridgehead atoms. The quantitative estimate of drug-likeness (QED) is 0.626. The topological polar surface area (TPSA) is 43.4 Å². The van der Waals surface area contributed by atoms with Crippen molar-refractivity contribution in [2.75, 3.05) is 0 Å². The summed E-state index contributed by atoms with van der Waals surface area (Å²) in [7, 11) is 0. The van der Waals surface area contributed by atoms with Crippen LogP contribution in [0.5, 0.6) is 0 Å². The van der Waals surface area contributed by atoms with Crippen molar-refractivity contribution in [3.63, 3.8) is 0 Å². The second-order valence-corrected chi connectivity index (χ2v) is 6.69. The number of esters is 1. The molecular weight excluding hydrogens is 302 g/mol. The number of carbonyl (C=O) groups is 2. The van der Waals surface area contributed by atoms with Crippen molar-refractivity contribution >= 4 is 11.8 Å². The first-order valence-corrected chi connectivity index (χ1v) is 8.15. The first-order chi connectivity index (χ1) is 11.0. The van der Waals surface area contributed by atoms with E-state index in [1.54, 1.807) is 0 Å². The molecule has 1 aliphatic carbocycles. The third-order valence-electron chi connectivity index (χ3n) is 5.01. The number of ether oxygens (including phenoxy) is 1. The third kappa shape index (κ3) is 3.59. The molecule has 23 heavy (non-hydrogen) atoms. The van der Waals surface area contributed by atoms with Gasteiger partial charge in [-0.05, 0) is 49.3 Å². The van der Waals surface area contributed by atoms with Gasteiger partial charge in [0.15, 0.2) is 0 Å². The predicted octanol–water partition coefficient (Wildman–Crippen LogP) is 3.73. The van der Waals surface area contributed by atoms with Gasteiger partial charge in [0.25, 0.3) is 0 Å². The van der Waals surface area contributed by atoms with E-state index in [2.05, 4.69) is 0 Å². The van der Waals surface area contributed by atoms with Gasteiger partial charge >= 0.3 is 5.97 Å². The van der Waals surface area contributed by atoms with Crippen LogP contribution < -0.4 is 0 Å². The number of ketones is 1. The predicted molar refractivity (Wildman–Crippen MR) is 79.7 cm³/mol. The van der Waals surface area contributed by atoms with Crippen molar-refractivity contribution in [2.24, 2.45) is 5.92 Å². The lowest BCUT2D eigenvalue weighted by Crippen LogP contribution is -2.48. The molecule has 0 spiro atoms. The molecule has 1 aromatic rings. The molecular formula is C18H20F2O3. The van der Waals surface area contributed by atoms with Crippen molar-refractivity contribution < 1.29 is 23.1 Å². The Morgan fingerprint density at radius 1 is 1.09 bits per heavy atom. The number of hydrogen-bond donors (Lipinski definition) is 0. The molecule has 1 unspecified atom stereocenters. The lowest BCUT2D eigenvalue weighted by Gasteiger charge is -2.41. The average molecular weight is 322 g/mol. The van der Waals surface area contributed by atoms with E-state index in [9.17, 15) is 18.4 Å². The van der Waals surface area contributed by atoms with Crippen LogP contribution in [-0.2, 0) is 20.7 Å². The number of cyclic esters (lactones) is 1. The van der Waals surface area contributed by atoms with E-state index in [1.165, 1.54) is 12.1 Å². The van der Waals surface area contributed by atoms with Crippen molar-refractivity contribution in [1.29, 1.82) is 0 Å². The maximum atomic E-state index is 13.3. The number of aryl methyl sites for hydroxylation is 1. The van der Waals surface area contributed by atoms with Crippen LogP contribution >= 0.6 is 0 Å². The van der Waals surface area contributed by atoms with Gasteiger partial charge in [-0.25, -0.2) is 8.78 Å². The van der Waals surface area contributed by atoms with Crippen molar-refractivity contribution in [1.82, 2.24) is 0 Å². The summed E-state index contributed by atoms with van der Waals surface area (Å²) in [6.45, 7) is 0. The standard InChI is InChI=1S/C18H20F2O3/c19-14-7-12(8-15(20)9-14)5-6-18(13-3-1-2-4-13)11-16(21)10-17(22)23-18/h7-9,13H,1-6,10-11H2. The van der Waals surface area contributed by atoms with Gasteiger partial charge < -0.3 is 4.74 Å². The summed E-state index contributed by atoms with van der Waals surface area (Å²) in [6, 6.07) is 3.41. The third-order valence-corrected chi connectivity index (χ3v) is 5.01. The van der Waals surface area contributed by atoms with E-state index in [0.717, 1.165) is 31.7 Å². The van der Waals surface area contributed by atoms with Crippen LogP contribution in [0.15, 0.2) is 18.2 Å². The maximum absolute atomic E-state index is 13.3. The molecule has 124 valence electrons. The van der Waals surface area contributed by atoms with Gasteiger partial charge in [-0.1, -0.05) is 12.8 Å². The number of carbonyl (C=O) groups excluding carboxylic acids is 2. The van der Waals surface area contributed by atoms with Crippen LogP contribution in [0.25, 0.3) is 0 Å². The van der Waals surface area contributed by atoms with Crippen LogP contribution in [0.3, 0.4) is 0 Å². The summed E-state index contributed by atoms with van der Waals surface area (Å²) >= 11 is 0. The van der Waals surface area contributed by atoms with Gasteiger partial charge in [-0.2, -0.15) is 0 Å². The molecule has 5 heteroatoms. The summed E-state index contributed by atoms with van der Waals surface area (Å²) in [5.74, 6) is -1.65. The first-order valence-electron chi connectivity index (χ1n) is 8.15. The van der Waals surface area contributed by atoms with Crippen molar-refractivity contribution in [3.8, 4) is 0 Å². The fraction of sp³-hybridized carbons (Fsp3) is 0.556. The van der Waals surface area contributed by atoms with Crippen LogP contribution in [0.2, 0.25) is 0 Å². The Labute approximate surface area is 134 Å². The summed E-state index contributed by atoms with van der Waals surface area (Å²) < 4.78 is 32.3. The van der Waals surface area contributed by atoms with E-state index >= 15 is 0 Å². The Hall–Kier alpha value is -1.78. The first kappa shape index (κ1) is 16.1. The Morgan fingerprint density at radius 2 is 1.74 bits per heavy atom. The molecule has 2 fully saturated rings. The van der Waals surface area contributed by atoms with E-state index in [-0.39, 0.29) is 24.5 Å². The van der Waals surface area contributed by atoms with Crippen molar-refractivity contribution in [3.05, 3.63) is 35.4 Å². The zero-order chi connectivity index (χ0) is 16.4. The van der Waals surface area contributed by atoms with Crippen molar-refractivity contribution in [2.45, 2.75) is 57.0 Å². The molecule has 1 aromatic carbocycles. The highest BCUT2D eigenvalue weighted by atomic mass is 19.1. The highest BCUT2D eigenvalue weighted by molar-refractivity contribution is 5.98. The zero-order valence-electron chi connectivity index (χ0n) is 12.9. The molecule has 0 aromatic heterocycles. The zero-order valence-corrected chi connectivity index (χ0v) is 12.9. The normalized spacial score (nSPS) is 25.7. The summed E-state index contributed by atoms with van der Waals surface area (Å²) in [4.78, 5) is 23.7. The molecule has 0 radical (unpaired) electrons. The van der Waals surface area contributed by atoms with Gasteiger partial charge in [-0.3, -0.25) is 9.59 Å². The van der Waals surface area contributed by atoms with Crippen LogP contribution in [0, 0.1) is 17.6 Å². The molecule has 3 nitrogen and oxygen atoms in total. The maximum Gasteiger partial charge on any atom is 0.313 e. The largest absolute Gasteiger partial charge is 0.458 e. The fourth-order valence-electron chi connectivity index (χ4n) is 3.99. The number of benzene rings is 1. The van der Waals surface area contributed by atoms with Gasteiger partial charge in [-0.15, -0.1) is 0 Å². The van der Waals surface area contributed by atoms with E-state index < -0.39 is 23.2 Å². The van der Waals surface area contributed by atoms with Crippen LogP contribution in [-0.4, -0.2) is 17.4 Å². The summed E-state index contributed by atoms with van der Waals surface area (Å²) in [5, 5.41) is 0. The highest BCUT2D eigenvalue weighted by Gasteiger charge is 2.47. The molecule has 0 amide bonds. The van der Waals surface area contributed by atoms with Gasteiger partial charge in [0.05, 0.1) is 0 Å². The van der Waals surface area contributed by atoms with Gasteiger partial charge in [0.2, 0.25) is 0 Å². The Balaban J connectivity index is 1.81. The SMILES string of the molecule is O=C1CC(=O)OC(CCc2cc(F)cc(F)c2)(C2CCCC2)C1. The summed E-state index contributed by atoms with van der Waals surface area (Å²) in [6.07, 6.45) is 4.85. The lowest BCUT2D eigenvalue weighted by atomic mass is 9.76. The van der Waals surface area contributed by atoms with E-state index in [4.69, 9.17) is 4.74 Å². The smallest absolute Gasteiger partial charge is 0.313 e. The van der Waals surface area contributed by atoms with E-state index in [0.29, 0.717) is 18.4 Å². The minimum atomic E-state index is -0.800. The summed E-state index contributed by atoms with van der Waals surface area (Å²) in [5.41, 5.74) is -0.278. The number of hydrogen-bond acceptors (Lipinski definition) is 3. The van der Waals surface area contributed by atoms with Gasteiger partial charge in [0.1, 0.15) is 29.4 Å². The van der Waals surface area contributed by atoms with E-state index in [1.807, 2.05) is 0 Å². The van der Waals surface area contributed by atoms with Crippen LogP contribution in [0.4, 0.5) is 8.78 Å². The Bertz CT molecular complexity index is 584. The average Bonchev–Trinajstić information content (AvgIpc) is 2.98. The minimum Gasteiger partial charge on any atom is -0.458 e. The molecule has 0 N–H and O–H groups in total. The van der Waals surface area contributed by atoms with Gasteiger partial charge in [0, 0.05) is 12.5 Å². The molecule has 1 aliphatic heterocycles. The number of Topliss-reactive ketones (excluding diaryl/α,β-unsaturated/α-hetero) is 1. The Morgan fingerprint density at radius 3 is 2.35 bits per heavy atom. The second kappa shape index (κ2) is 6.38. The minimum absolute atomic E-state index is 0.0985. The van der Waals surface area contributed by atoms with Crippen LogP contribution in [0.1, 0.15) is 50.5 Å². The molecule has 2 aliphatic rings. The molecule has 1 heterocycles. The second-order valence-electron chi connectivity index (χ2n) is 6.69. The highest BCUT2D eigenvalue weighted by Crippen LogP contribution is 2.43. The fourth-order valence-corrected chi connectivity index (χ4v) is 3.99. The molecule has 1 saturated carbocycles. The molecule has 1 saturated heterocycles. The molecule has 1 atom stereocenters. The Kier molecular flexibility index (Phi) is 4.46. The monoisotopic (exact) mass is 322 g/mol. The number of halogens is 2. The molecule has 3 rings (SSSR count). The number of rotatable bonds is 4.